The van der Waals surface area contributed by atoms with Crippen molar-refractivity contribution in [3.63, 3.8) is 0 Å². The van der Waals surface area contributed by atoms with Crippen LogP contribution in [-0.2, 0) is 11.2 Å². The number of hydrogen-bond acceptors (Lipinski definition) is 4. The number of amides is 3. The van der Waals surface area contributed by atoms with E-state index in [-0.39, 0.29) is 18.0 Å². The second-order valence-corrected chi connectivity index (χ2v) is 6.67. The molecule has 0 aliphatic carbocycles. The van der Waals surface area contributed by atoms with Crippen molar-refractivity contribution in [3.05, 3.63) is 54.1 Å². The zero-order valence-electron chi connectivity index (χ0n) is 16.1. The molecule has 3 rings (SSSR count). The van der Waals surface area contributed by atoms with Crippen molar-refractivity contribution in [1.82, 2.24) is 10.2 Å². The molecule has 28 heavy (non-hydrogen) atoms. The van der Waals surface area contributed by atoms with Crippen molar-refractivity contribution in [2.75, 3.05) is 32.6 Å². The minimum absolute atomic E-state index is 0.0557. The Morgan fingerprint density at radius 2 is 1.86 bits per heavy atom. The van der Waals surface area contributed by atoms with Crippen molar-refractivity contribution in [3.8, 4) is 11.5 Å². The Labute approximate surface area is 164 Å². The van der Waals surface area contributed by atoms with Gasteiger partial charge in [-0.3, -0.25) is 4.79 Å². The highest BCUT2D eigenvalue weighted by Crippen LogP contribution is 2.18. The smallest absolute Gasteiger partial charge is 0.319 e. The molecule has 0 unspecified atom stereocenters. The Bertz CT molecular complexity index is 823. The number of carbonyl (C=O) groups is 2. The van der Waals surface area contributed by atoms with Gasteiger partial charge in [0, 0.05) is 31.3 Å². The molecule has 0 aromatic heterocycles. The summed E-state index contributed by atoms with van der Waals surface area (Å²) in [6, 6.07) is 14.4. The van der Waals surface area contributed by atoms with E-state index in [1.54, 1.807) is 43.4 Å². The van der Waals surface area contributed by atoms with E-state index in [2.05, 4.69) is 10.6 Å². The van der Waals surface area contributed by atoms with Crippen LogP contribution in [0.5, 0.6) is 11.5 Å². The molecule has 0 saturated carbocycles. The Balaban J connectivity index is 1.47. The molecule has 148 valence electrons. The van der Waals surface area contributed by atoms with Gasteiger partial charge in [0.1, 0.15) is 11.5 Å². The van der Waals surface area contributed by atoms with Crippen molar-refractivity contribution >= 4 is 17.6 Å². The van der Waals surface area contributed by atoms with E-state index in [1.807, 2.05) is 24.3 Å². The van der Waals surface area contributed by atoms with Crippen LogP contribution >= 0.6 is 0 Å². The van der Waals surface area contributed by atoms with Crippen LogP contribution in [0.4, 0.5) is 10.5 Å². The monoisotopic (exact) mass is 383 g/mol. The zero-order valence-corrected chi connectivity index (χ0v) is 16.1. The first-order chi connectivity index (χ1) is 13.6. The summed E-state index contributed by atoms with van der Waals surface area (Å²) in [6.45, 7) is 1.14. The molecular formula is C21H25N3O4. The van der Waals surface area contributed by atoms with Crippen molar-refractivity contribution < 1.29 is 19.1 Å². The van der Waals surface area contributed by atoms with Crippen LogP contribution in [0.15, 0.2) is 48.5 Å². The first-order valence-corrected chi connectivity index (χ1v) is 9.19. The van der Waals surface area contributed by atoms with Gasteiger partial charge in [-0.2, -0.15) is 0 Å². The standard InChI is InChI=1S/C21H25N3O4/c1-27-18-8-6-15(7-9-18)10-11-24-14-17(13-20(24)25)23-21(26)22-16-4-3-5-19(12-16)28-2/h3-9,12,17H,10-11,13-14H2,1-2H3,(H2,22,23,26)/t17-/m1/s1. The number of hydrogen-bond donors (Lipinski definition) is 2. The highest BCUT2D eigenvalue weighted by molar-refractivity contribution is 5.90. The fourth-order valence-corrected chi connectivity index (χ4v) is 3.19. The molecule has 1 saturated heterocycles. The van der Waals surface area contributed by atoms with E-state index in [0.29, 0.717) is 30.9 Å². The zero-order chi connectivity index (χ0) is 19.9. The van der Waals surface area contributed by atoms with Crippen LogP contribution in [0.2, 0.25) is 0 Å². The molecule has 7 heteroatoms. The molecule has 2 N–H and O–H groups in total. The molecule has 1 fully saturated rings. The molecule has 1 atom stereocenters. The summed E-state index contributed by atoms with van der Waals surface area (Å²) in [5.74, 6) is 1.53. The van der Waals surface area contributed by atoms with Gasteiger partial charge in [-0.05, 0) is 36.2 Å². The summed E-state index contributed by atoms with van der Waals surface area (Å²) in [4.78, 5) is 26.3. The SMILES string of the molecule is COc1ccc(CCN2C[C@H](NC(=O)Nc3cccc(OC)c3)CC2=O)cc1. The highest BCUT2D eigenvalue weighted by atomic mass is 16.5. The van der Waals surface area contributed by atoms with Crippen LogP contribution in [-0.4, -0.2) is 50.2 Å². The van der Waals surface area contributed by atoms with E-state index in [0.717, 1.165) is 17.7 Å². The summed E-state index contributed by atoms with van der Waals surface area (Å²) in [7, 11) is 3.21. The lowest BCUT2D eigenvalue weighted by Crippen LogP contribution is -2.40. The average Bonchev–Trinajstić information content (AvgIpc) is 3.05. The van der Waals surface area contributed by atoms with E-state index in [4.69, 9.17) is 9.47 Å². The van der Waals surface area contributed by atoms with E-state index < -0.39 is 0 Å². The fourth-order valence-electron chi connectivity index (χ4n) is 3.19. The molecule has 3 amide bonds. The maximum atomic E-state index is 12.2. The third-order valence-electron chi connectivity index (χ3n) is 4.71. The summed E-state index contributed by atoms with van der Waals surface area (Å²) in [5, 5.41) is 5.64. The predicted octanol–water partition coefficient (Wildman–Crippen LogP) is 2.67. The van der Waals surface area contributed by atoms with Crippen LogP contribution in [0.1, 0.15) is 12.0 Å². The Kier molecular flexibility index (Phi) is 6.37. The molecular weight excluding hydrogens is 358 g/mol. The Hall–Kier alpha value is -3.22. The highest BCUT2D eigenvalue weighted by Gasteiger charge is 2.30. The van der Waals surface area contributed by atoms with Gasteiger partial charge in [0.25, 0.3) is 0 Å². The van der Waals surface area contributed by atoms with Gasteiger partial charge in [0.15, 0.2) is 0 Å². The molecule has 2 aromatic carbocycles. The van der Waals surface area contributed by atoms with Crippen LogP contribution in [0, 0.1) is 0 Å². The van der Waals surface area contributed by atoms with Crippen molar-refractivity contribution in [2.24, 2.45) is 0 Å². The lowest BCUT2D eigenvalue weighted by atomic mass is 10.1. The Morgan fingerprint density at radius 1 is 1.11 bits per heavy atom. The van der Waals surface area contributed by atoms with E-state index >= 15 is 0 Å². The molecule has 0 spiro atoms. The van der Waals surface area contributed by atoms with E-state index in [9.17, 15) is 9.59 Å². The van der Waals surface area contributed by atoms with E-state index in [1.165, 1.54) is 0 Å². The lowest BCUT2D eigenvalue weighted by Gasteiger charge is -2.17. The summed E-state index contributed by atoms with van der Waals surface area (Å²) in [6.07, 6.45) is 1.08. The Morgan fingerprint density at radius 3 is 2.57 bits per heavy atom. The molecule has 0 radical (unpaired) electrons. The number of ether oxygens (including phenoxy) is 2. The molecule has 0 bridgehead atoms. The number of rotatable bonds is 7. The number of benzene rings is 2. The van der Waals surface area contributed by atoms with Gasteiger partial charge in [0.05, 0.1) is 20.3 Å². The summed E-state index contributed by atoms with van der Waals surface area (Å²) >= 11 is 0. The fraction of sp³-hybridized carbons (Fsp3) is 0.333. The number of urea groups is 1. The van der Waals surface area contributed by atoms with Crippen LogP contribution < -0.4 is 20.1 Å². The normalized spacial score (nSPS) is 16.0. The molecule has 1 heterocycles. The van der Waals surface area contributed by atoms with Crippen molar-refractivity contribution in [2.45, 2.75) is 18.9 Å². The van der Waals surface area contributed by atoms with Gasteiger partial charge in [-0.25, -0.2) is 4.79 Å². The second kappa shape index (κ2) is 9.12. The van der Waals surface area contributed by atoms with Gasteiger partial charge in [-0.1, -0.05) is 18.2 Å². The number of nitrogens with zero attached hydrogens (tertiary/aromatic N) is 1. The third kappa shape index (κ3) is 5.16. The lowest BCUT2D eigenvalue weighted by molar-refractivity contribution is -0.127. The summed E-state index contributed by atoms with van der Waals surface area (Å²) < 4.78 is 10.3. The predicted molar refractivity (Wildman–Crippen MR) is 107 cm³/mol. The number of methoxy groups -OCH3 is 2. The molecule has 2 aromatic rings. The van der Waals surface area contributed by atoms with Crippen LogP contribution in [0.3, 0.4) is 0 Å². The van der Waals surface area contributed by atoms with Gasteiger partial charge in [0.2, 0.25) is 5.91 Å². The molecule has 1 aliphatic rings. The first-order valence-electron chi connectivity index (χ1n) is 9.19. The van der Waals surface area contributed by atoms with Crippen LogP contribution in [0.25, 0.3) is 0 Å². The second-order valence-electron chi connectivity index (χ2n) is 6.67. The number of anilines is 1. The molecule has 7 nitrogen and oxygen atoms in total. The third-order valence-corrected chi connectivity index (χ3v) is 4.71. The quantitative estimate of drug-likeness (QED) is 0.770. The van der Waals surface area contributed by atoms with Gasteiger partial charge < -0.3 is 25.0 Å². The largest absolute Gasteiger partial charge is 0.497 e. The topological polar surface area (TPSA) is 79.9 Å². The summed E-state index contributed by atoms with van der Waals surface area (Å²) in [5.41, 5.74) is 1.78. The maximum Gasteiger partial charge on any atom is 0.319 e. The van der Waals surface area contributed by atoms with Crippen molar-refractivity contribution in [1.29, 1.82) is 0 Å². The first kappa shape index (κ1) is 19.5. The van der Waals surface area contributed by atoms with Gasteiger partial charge >= 0.3 is 6.03 Å². The molecule has 1 aliphatic heterocycles. The average molecular weight is 383 g/mol. The number of likely N-dealkylation sites (tertiary alicyclic amines) is 1. The number of carbonyl (C=O) groups excluding carboxylic acids is 2. The number of nitrogens with one attached hydrogen (secondary N) is 2. The minimum Gasteiger partial charge on any atom is -0.497 e. The maximum absolute atomic E-state index is 12.2. The minimum atomic E-state index is -0.331. The van der Waals surface area contributed by atoms with Gasteiger partial charge in [-0.15, -0.1) is 0 Å².